The maximum atomic E-state index is 5.81. The van der Waals surface area contributed by atoms with E-state index in [1.165, 1.54) is 0 Å². The Balaban J connectivity index is 3.13. The molecule has 0 unspecified atom stereocenters. The normalized spacial score (nSPS) is 9.58. The van der Waals surface area contributed by atoms with Crippen molar-refractivity contribution in [3.63, 3.8) is 0 Å². The fourth-order valence-electron chi connectivity index (χ4n) is 0.716. The number of hydrogen-bond donors (Lipinski definition) is 1. The molecule has 0 amide bonds. The summed E-state index contributed by atoms with van der Waals surface area (Å²) in [6, 6.07) is 1.83. The van der Waals surface area contributed by atoms with Crippen molar-refractivity contribution in [1.29, 1.82) is 0 Å². The monoisotopic (exact) mass is 264 g/mol. The van der Waals surface area contributed by atoms with Crippen LogP contribution in [-0.4, -0.2) is 17.0 Å². The highest BCUT2D eigenvalue weighted by Crippen LogP contribution is 2.17. The quantitative estimate of drug-likeness (QED) is 0.623. The summed E-state index contributed by atoms with van der Waals surface area (Å²) in [5.41, 5.74) is 0.739. The molecule has 0 aromatic carbocycles. The number of hydrogen-bond acceptors (Lipinski definition) is 2. The zero-order chi connectivity index (χ0) is 9.14. The molecule has 0 aliphatic heterocycles. The summed E-state index contributed by atoms with van der Waals surface area (Å²) in [6.45, 7) is 0. The Morgan fingerprint density at radius 1 is 1.75 bits per heavy atom. The third kappa shape index (κ3) is 2.15. The van der Waals surface area contributed by atoms with Crippen molar-refractivity contribution in [3.8, 4) is 0 Å². The second-order valence-electron chi connectivity index (χ2n) is 2.07. The van der Waals surface area contributed by atoms with Crippen molar-refractivity contribution in [2.45, 2.75) is 0 Å². The van der Waals surface area contributed by atoms with Crippen LogP contribution < -0.4 is 5.32 Å². The van der Waals surface area contributed by atoms with Gasteiger partial charge in [-0.1, -0.05) is 23.8 Å². The Morgan fingerprint density at radius 2 is 2.42 bits per heavy atom. The van der Waals surface area contributed by atoms with E-state index in [9.17, 15) is 0 Å². The van der Waals surface area contributed by atoms with Gasteiger partial charge in [0, 0.05) is 23.3 Å². The van der Waals surface area contributed by atoms with Crippen LogP contribution in [0.5, 0.6) is 0 Å². The molecule has 1 aromatic rings. The molecule has 0 spiro atoms. The van der Waals surface area contributed by atoms with Gasteiger partial charge in [0.05, 0.1) is 0 Å². The van der Waals surface area contributed by atoms with Gasteiger partial charge in [-0.05, 0) is 22.0 Å². The zero-order valence-corrected chi connectivity index (χ0v) is 9.42. The van der Waals surface area contributed by atoms with E-state index in [1.54, 1.807) is 13.2 Å². The Hall–Kier alpha value is -0.190. The first-order valence-corrected chi connectivity index (χ1v) is 4.76. The molecule has 0 aliphatic rings. The van der Waals surface area contributed by atoms with Gasteiger partial charge < -0.3 is 5.32 Å². The van der Waals surface area contributed by atoms with E-state index in [-0.39, 0.29) is 0 Å². The van der Waals surface area contributed by atoms with Crippen LogP contribution in [0.25, 0.3) is 0 Å². The smallest absolute Gasteiger partial charge is 0.139 e. The number of aromatic nitrogens is 1. The molecule has 0 saturated heterocycles. The van der Waals surface area contributed by atoms with Crippen molar-refractivity contribution in [2.75, 3.05) is 7.05 Å². The topological polar surface area (TPSA) is 24.9 Å². The minimum atomic E-state index is 0.414. The van der Waals surface area contributed by atoms with Gasteiger partial charge >= 0.3 is 0 Å². The van der Waals surface area contributed by atoms with E-state index in [2.05, 4.69) is 26.2 Å². The maximum Gasteiger partial charge on any atom is 0.139 e. The molecular weight excluding hydrogens is 260 g/mol. The van der Waals surface area contributed by atoms with Crippen molar-refractivity contribution in [1.82, 2.24) is 10.3 Å². The van der Waals surface area contributed by atoms with Crippen LogP contribution in [0.1, 0.15) is 5.56 Å². The lowest BCUT2D eigenvalue weighted by Gasteiger charge is -2.04. The van der Waals surface area contributed by atoms with Crippen molar-refractivity contribution < 1.29 is 0 Å². The summed E-state index contributed by atoms with van der Waals surface area (Å²) in [5, 5.41) is 3.25. The molecule has 0 bridgehead atoms. The number of pyridine rings is 1. The first-order valence-electron chi connectivity index (χ1n) is 3.18. The van der Waals surface area contributed by atoms with Crippen LogP contribution >= 0.6 is 39.7 Å². The molecule has 1 N–H and O–H groups in total. The van der Waals surface area contributed by atoms with E-state index in [0.29, 0.717) is 10.1 Å². The summed E-state index contributed by atoms with van der Waals surface area (Å²) in [6.07, 6.45) is 1.63. The highest BCUT2D eigenvalue weighted by molar-refractivity contribution is 9.10. The molecule has 0 aliphatic carbocycles. The van der Waals surface area contributed by atoms with E-state index in [4.69, 9.17) is 23.8 Å². The average molecular weight is 266 g/mol. The molecule has 1 heterocycles. The summed E-state index contributed by atoms with van der Waals surface area (Å²) in [7, 11) is 1.75. The van der Waals surface area contributed by atoms with Gasteiger partial charge in [-0.25, -0.2) is 4.98 Å². The third-order valence-corrected chi connectivity index (χ3v) is 2.44. The van der Waals surface area contributed by atoms with Gasteiger partial charge in [0.15, 0.2) is 0 Å². The average Bonchev–Trinajstić information content (AvgIpc) is 2.08. The molecule has 12 heavy (non-hydrogen) atoms. The van der Waals surface area contributed by atoms with Crippen LogP contribution in [0.15, 0.2) is 16.7 Å². The van der Waals surface area contributed by atoms with E-state index >= 15 is 0 Å². The fourth-order valence-corrected chi connectivity index (χ4v) is 1.46. The van der Waals surface area contributed by atoms with Gasteiger partial charge in [0.2, 0.25) is 0 Å². The SMILES string of the molecule is CNC(=S)c1cc(Br)cnc1Cl. The Morgan fingerprint density at radius 3 is 3.00 bits per heavy atom. The number of nitrogens with one attached hydrogen (secondary N) is 1. The molecular formula is C7H6BrClN2S. The molecule has 5 heteroatoms. The van der Waals surface area contributed by atoms with Gasteiger partial charge in [-0.3, -0.25) is 0 Å². The molecule has 1 rings (SSSR count). The molecule has 0 radical (unpaired) electrons. The first-order chi connectivity index (χ1) is 5.65. The third-order valence-electron chi connectivity index (χ3n) is 1.28. The van der Waals surface area contributed by atoms with Gasteiger partial charge in [0.1, 0.15) is 10.1 Å². The lowest BCUT2D eigenvalue weighted by Crippen LogP contribution is -2.17. The lowest BCUT2D eigenvalue weighted by molar-refractivity contribution is 1.19. The van der Waals surface area contributed by atoms with Crippen LogP contribution in [0.3, 0.4) is 0 Å². The number of halogens is 2. The van der Waals surface area contributed by atoms with Crippen molar-refractivity contribution in [2.24, 2.45) is 0 Å². The summed E-state index contributed by atoms with van der Waals surface area (Å²) in [4.78, 5) is 4.53. The Kier molecular flexibility index (Phi) is 3.43. The second-order valence-corrected chi connectivity index (χ2v) is 3.75. The van der Waals surface area contributed by atoms with Crippen LogP contribution in [0.2, 0.25) is 5.15 Å². The number of rotatable bonds is 1. The summed E-state index contributed by atoms with van der Waals surface area (Å²) < 4.78 is 0.861. The molecule has 0 atom stereocenters. The lowest BCUT2D eigenvalue weighted by atomic mass is 10.3. The number of thiocarbonyl (C=S) groups is 1. The van der Waals surface area contributed by atoms with E-state index in [1.807, 2.05) is 6.07 Å². The Labute approximate surface area is 89.5 Å². The predicted octanol–water partition coefficient (Wildman–Crippen LogP) is 2.39. The van der Waals surface area contributed by atoms with Gasteiger partial charge in [-0.15, -0.1) is 0 Å². The van der Waals surface area contributed by atoms with Crippen LogP contribution in [0, 0.1) is 0 Å². The summed E-state index contributed by atoms with van der Waals surface area (Å²) >= 11 is 14.1. The summed E-state index contributed by atoms with van der Waals surface area (Å²) in [5.74, 6) is 0. The minimum Gasteiger partial charge on any atom is -0.379 e. The number of nitrogens with zero attached hydrogens (tertiary/aromatic N) is 1. The second kappa shape index (κ2) is 4.16. The van der Waals surface area contributed by atoms with Crippen LogP contribution in [-0.2, 0) is 0 Å². The molecule has 1 aromatic heterocycles. The molecule has 2 nitrogen and oxygen atoms in total. The highest BCUT2D eigenvalue weighted by Gasteiger charge is 2.05. The zero-order valence-electron chi connectivity index (χ0n) is 6.27. The standard InChI is InChI=1S/C7H6BrClN2S/c1-10-7(12)5-2-4(8)3-11-6(5)9/h2-3H,1H3,(H,10,12). The molecule has 0 saturated carbocycles. The highest BCUT2D eigenvalue weighted by atomic mass is 79.9. The van der Waals surface area contributed by atoms with Crippen LogP contribution in [0.4, 0.5) is 0 Å². The van der Waals surface area contributed by atoms with Crippen molar-refractivity contribution >= 4 is 44.7 Å². The maximum absolute atomic E-state index is 5.81. The minimum absolute atomic E-state index is 0.414. The van der Waals surface area contributed by atoms with Gasteiger partial charge in [0.25, 0.3) is 0 Å². The van der Waals surface area contributed by atoms with E-state index in [0.717, 1.165) is 10.0 Å². The molecule has 64 valence electrons. The largest absolute Gasteiger partial charge is 0.379 e. The predicted molar refractivity (Wildman–Crippen MR) is 57.7 cm³/mol. The van der Waals surface area contributed by atoms with Gasteiger partial charge in [-0.2, -0.15) is 0 Å². The first kappa shape index (κ1) is 9.89. The van der Waals surface area contributed by atoms with Crippen molar-refractivity contribution in [3.05, 3.63) is 27.5 Å². The Bertz CT molecular complexity index is 316. The van der Waals surface area contributed by atoms with E-state index < -0.39 is 0 Å². The molecule has 0 fully saturated rings. The fraction of sp³-hybridized carbons (Fsp3) is 0.143.